The molecule has 0 radical (unpaired) electrons. The molecule has 250 valence electrons. The predicted octanol–water partition coefficient (Wildman–Crippen LogP) is 5.63. The molecule has 0 fully saturated rings. The van der Waals surface area contributed by atoms with Gasteiger partial charge in [-0.1, -0.05) is 42.5 Å². The highest BCUT2D eigenvalue weighted by Gasteiger charge is 2.33. The first-order valence-corrected chi connectivity index (χ1v) is 15.3. The Labute approximate surface area is 276 Å². The Bertz CT molecular complexity index is 1840. The Balaban J connectivity index is 1.59. The third kappa shape index (κ3) is 7.46. The van der Waals surface area contributed by atoms with Crippen molar-refractivity contribution in [1.82, 2.24) is 9.88 Å². The van der Waals surface area contributed by atoms with Gasteiger partial charge >= 0.3 is 5.97 Å². The van der Waals surface area contributed by atoms with Crippen molar-refractivity contribution in [2.75, 3.05) is 38.7 Å². The maximum absolute atomic E-state index is 16.5. The Hall–Kier alpha value is -5.72. The molecule has 2 heterocycles. The lowest BCUT2D eigenvalue weighted by molar-refractivity contribution is -0.144. The van der Waals surface area contributed by atoms with Crippen LogP contribution in [0, 0.1) is 17.0 Å². The summed E-state index contributed by atoms with van der Waals surface area (Å²) in [5, 5.41) is 18.2. The predicted molar refractivity (Wildman–Crippen MR) is 177 cm³/mol. The molecule has 1 aliphatic heterocycles. The lowest BCUT2D eigenvalue weighted by atomic mass is 10.0. The van der Waals surface area contributed by atoms with Gasteiger partial charge in [0.15, 0.2) is 11.5 Å². The van der Waals surface area contributed by atoms with E-state index in [0.717, 1.165) is 28.4 Å². The molecule has 0 amide bonds. The van der Waals surface area contributed by atoms with E-state index in [0.29, 0.717) is 13.0 Å². The van der Waals surface area contributed by atoms with Gasteiger partial charge in [-0.25, -0.2) is 4.79 Å². The van der Waals surface area contributed by atoms with Crippen LogP contribution < -0.4 is 20.1 Å². The number of hydrogen-bond donors (Lipinski definition) is 3. The minimum Gasteiger partial charge on any atom is -0.504 e. The average molecular weight is 659 g/mol. The molecule has 1 aliphatic rings. The van der Waals surface area contributed by atoms with Gasteiger partial charge in [-0.3, -0.25) is 10.4 Å². The van der Waals surface area contributed by atoms with E-state index in [1.165, 1.54) is 25.2 Å². The standard InChI is InChI=1S/C35H36F2N6O5/c1-4-46-35(45)25(15-13-21-9-6-5-7-10-21)43(3)30-28(36)33(47-24-12-8-11-23(19-24)32-40-17-18-42(32)2)41-34(29(30)37)48-27-20-22(31(38)39)14-16-26(27)44/h5-12,14,16,19-20,25,44H,4,13,15,17-18H2,1-3H3,(H3,38,39). The minimum absolute atomic E-state index is 0.0567. The number of phenols is 1. The van der Waals surface area contributed by atoms with Gasteiger partial charge in [-0.05, 0) is 55.7 Å². The number of nitrogen functional groups attached to an aromatic ring is 1. The number of rotatable bonds is 13. The van der Waals surface area contributed by atoms with Crippen LogP contribution in [0.2, 0.25) is 0 Å². The Morgan fingerprint density at radius 2 is 1.79 bits per heavy atom. The molecule has 3 aromatic carbocycles. The Morgan fingerprint density at radius 3 is 2.46 bits per heavy atom. The summed E-state index contributed by atoms with van der Waals surface area (Å²) in [6, 6.07) is 18.8. The maximum Gasteiger partial charge on any atom is 0.328 e. The molecule has 4 aromatic rings. The number of phenolic OH excluding ortho intramolecular Hbond substituents is 1. The summed E-state index contributed by atoms with van der Waals surface area (Å²) in [5.74, 6) is -4.68. The molecule has 1 aromatic heterocycles. The summed E-state index contributed by atoms with van der Waals surface area (Å²) in [4.78, 5) is 24.9. The number of nitrogens with one attached hydrogen (secondary N) is 1. The third-order valence-corrected chi connectivity index (χ3v) is 7.77. The lowest BCUT2D eigenvalue weighted by Gasteiger charge is -2.29. The molecule has 13 heteroatoms. The number of benzene rings is 3. The van der Waals surface area contributed by atoms with Crippen LogP contribution in [-0.4, -0.2) is 72.5 Å². The number of hydrogen-bond acceptors (Lipinski definition) is 10. The number of esters is 1. The van der Waals surface area contributed by atoms with Crippen molar-refractivity contribution in [2.24, 2.45) is 10.7 Å². The van der Waals surface area contributed by atoms with Gasteiger partial charge in [-0.15, -0.1) is 0 Å². The van der Waals surface area contributed by atoms with Crippen molar-refractivity contribution in [3.05, 3.63) is 101 Å². The SMILES string of the molecule is CCOC(=O)C(CCc1ccccc1)N(C)c1c(F)c(Oc2cccc(C3=NCCN3C)c2)nc(Oc2cc(C(=N)N)ccc2O)c1F. The van der Waals surface area contributed by atoms with Crippen LogP contribution in [0.15, 0.2) is 77.8 Å². The lowest BCUT2D eigenvalue weighted by Crippen LogP contribution is -2.41. The number of amidine groups is 2. The number of carbonyl (C=O) groups excluding carboxylic acids is 1. The highest BCUT2D eigenvalue weighted by molar-refractivity contribution is 6.00. The molecule has 11 nitrogen and oxygen atoms in total. The van der Waals surface area contributed by atoms with Gasteiger partial charge in [0.25, 0.3) is 11.8 Å². The number of nitrogens with zero attached hydrogens (tertiary/aromatic N) is 4. The fraction of sp³-hybridized carbons (Fsp3) is 0.257. The second-order valence-corrected chi connectivity index (χ2v) is 11.1. The number of likely N-dealkylation sites (N-methyl/N-ethyl adjacent to an activating group) is 2. The number of aliphatic imine (C=N–C) groups is 1. The first-order chi connectivity index (χ1) is 23.1. The van der Waals surface area contributed by atoms with Crippen LogP contribution in [-0.2, 0) is 16.0 Å². The van der Waals surface area contributed by atoms with Crippen molar-refractivity contribution >= 4 is 23.3 Å². The topological polar surface area (TPSA) is 147 Å². The van der Waals surface area contributed by atoms with Crippen molar-refractivity contribution in [3.63, 3.8) is 0 Å². The van der Waals surface area contributed by atoms with E-state index in [9.17, 15) is 9.90 Å². The van der Waals surface area contributed by atoms with Gasteiger partial charge < -0.3 is 34.9 Å². The summed E-state index contributed by atoms with van der Waals surface area (Å²) in [7, 11) is 3.27. The number of pyridine rings is 1. The Kier molecular flexibility index (Phi) is 10.4. The van der Waals surface area contributed by atoms with Gasteiger partial charge in [-0.2, -0.15) is 13.8 Å². The molecule has 0 bridgehead atoms. The second kappa shape index (κ2) is 14.8. The first-order valence-electron chi connectivity index (χ1n) is 15.3. The van der Waals surface area contributed by atoms with E-state index >= 15 is 8.78 Å². The number of aromatic hydroxyl groups is 1. The normalized spacial score (nSPS) is 13.1. The summed E-state index contributed by atoms with van der Waals surface area (Å²) in [5.41, 5.74) is 6.75. The highest BCUT2D eigenvalue weighted by Crippen LogP contribution is 2.40. The molecule has 0 saturated heterocycles. The molecule has 4 N–H and O–H groups in total. The Morgan fingerprint density at radius 1 is 1.06 bits per heavy atom. The largest absolute Gasteiger partial charge is 0.504 e. The number of nitrogens with two attached hydrogens (primary N) is 1. The van der Waals surface area contributed by atoms with Crippen LogP contribution in [0.3, 0.4) is 0 Å². The fourth-order valence-corrected chi connectivity index (χ4v) is 5.27. The van der Waals surface area contributed by atoms with Gasteiger partial charge in [0.1, 0.15) is 29.1 Å². The monoisotopic (exact) mass is 658 g/mol. The van der Waals surface area contributed by atoms with Crippen LogP contribution in [0.4, 0.5) is 14.5 Å². The molecule has 0 saturated carbocycles. The molecule has 48 heavy (non-hydrogen) atoms. The van der Waals surface area contributed by atoms with Crippen LogP contribution >= 0.6 is 0 Å². The van der Waals surface area contributed by atoms with Crippen LogP contribution in [0.1, 0.15) is 30.0 Å². The van der Waals surface area contributed by atoms with Crippen molar-refractivity contribution < 1.29 is 32.9 Å². The van der Waals surface area contributed by atoms with E-state index in [4.69, 9.17) is 25.4 Å². The van der Waals surface area contributed by atoms with E-state index < -0.39 is 46.8 Å². The van der Waals surface area contributed by atoms with Crippen LogP contribution in [0.25, 0.3) is 0 Å². The zero-order chi connectivity index (χ0) is 34.4. The number of halogens is 2. The van der Waals surface area contributed by atoms with Crippen LogP contribution in [0.5, 0.6) is 29.0 Å². The van der Waals surface area contributed by atoms with E-state index in [2.05, 4.69) is 9.98 Å². The maximum atomic E-state index is 16.5. The first kappa shape index (κ1) is 33.6. The quantitative estimate of drug-likeness (QED) is 0.0946. The van der Waals surface area contributed by atoms with Gasteiger partial charge in [0, 0.05) is 31.8 Å². The average Bonchev–Trinajstić information content (AvgIpc) is 3.50. The van der Waals surface area contributed by atoms with E-state index in [1.54, 1.807) is 25.1 Å². The number of aromatic nitrogens is 1. The number of carbonyl (C=O) groups is 1. The zero-order valence-electron chi connectivity index (χ0n) is 26.7. The van der Waals surface area contributed by atoms with E-state index in [1.807, 2.05) is 48.3 Å². The molecule has 0 aliphatic carbocycles. The second-order valence-electron chi connectivity index (χ2n) is 11.1. The summed E-state index contributed by atoms with van der Waals surface area (Å²) < 4.78 is 49.8. The van der Waals surface area contributed by atoms with Crippen molar-refractivity contribution in [2.45, 2.75) is 25.8 Å². The van der Waals surface area contributed by atoms with Crippen molar-refractivity contribution in [1.29, 1.82) is 5.41 Å². The van der Waals surface area contributed by atoms with E-state index in [-0.39, 0.29) is 35.9 Å². The minimum atomic E-state index is -1.26. The third-order valence-electron chi connectivity index (χ3n) is 7.77. The summed E-state index contributed by atoms with van der Waals surface area (Å²) >= 11 is 0. The summed E-state index contributed by atoms with van der Waals surface area (Å²) in [6.45, 7) is 3.07. The number of aryl methyl sites for hydroxylation is 1. The number of anilines is 1. The highest BCUT2D eigenvalue weighted by atomic mass is 19.1. The molecule has 0 spiro atoms. The molecule has 5 rings (SSSR count). The molecular formula is C35H36F2N6O5. The molecular weight excluding hydrogens is 622 g/mol. The fourth-order valence-electron chi connectivity index (χ4n) is 5.27. The van der Waals surface area contributed by atoms with Gasteiger partial charge in [0.2, 0.25) is 11.6 Å². The van der Waals surface area contributed by atoms with Crippen molar-refractivity contribution in [3.8, 4) is 29.0 Å². The smallest absolute Gasteiger partial charge is 0.328 e. The molecule has 1 unspecified atom stereocenters. The zero-order valence-corrected chi connectivity index (χ0v) is 26.7. The number of ether oxygens (including phenoxy) is 3. The van der Waals surface area contributed by atoms with Gasteiger partial charge in [0.05, 0.1) is 13.2 Å². The molecule has 1 atom stereocenters. The summed E-state index contributed by atoms with van der Waals surface area (Å²) in [6.07, 6.45) is 0.568.